The minimum Gasteiger partial charge on any atom is -0.384 e. The summed E-state index contributed by atoms with van der Waals surface area (Å²) in [5.74, 6) is 0.0815. The summed E-state index contributed by atoms with van der Waals surface area (Å²) >= 11 is 0. The molecular weight excluding hydrogens is 300 g/mol. The van der Waals surface area contributed by atoms with Gasteiger partial charge in [0.2, 0.25) is 5.91 Å². The SMILES string of the molecule is COCC1(C(=O)N[C@H](c2ccncc2)c2ccc(C)cc2)CCC1. The molecular formula is C20H24N2O2. The number of hydrogen-bond acceptors (Lipinski definition) is 3. The maximum Gasteiger partial charge on any atom is 0.229 e. The molecule has 0 saturated heterocycles. The molecule has 1 aliphatic rings. The predicted molar refractivity (Wildman–Crippen MR) is 93.6 cm³/mol. The standard InChI is InChI=1S/C20H24N2O2/c1-15-4-6-16(7-5-15)18(17-8-12-21-13-9-17)22-19(23)20(14-24-2)10-3-11-20/h4-9,12-13,18H,3,10-11,14H2,1-2H3,(H,22,23)/t18-/m0/s1. The first kappa shape index (κ1) is 16.7. The van der Waals surface area contributed by atoms with Crippen molar-refractivity contribution >= 4 is 5.91 Å². The highest BCUT2D eigenvalue weighted by atomic mass is 16.5. The van der Waals surface area contributed by atoms with Crippen LogP contribution in [0.2, 0.25) is 0 Å². The van der Waals surface area contributed by atoms with Gasteiger partial charge in [0, 0.05) is 19.5 Å². The van der Waals surface area contributed by atoms with Gasteiger partial charge in [-0.15, -0.1) is 0 Å². The summed E-state index contributed by atoms with van der Waals surface area (Å²) in [6.45, 7) is 2.54. The van der Waals surface area contributed by atoms with Crippen molar-refractivity contribution in [3.05, 3.63) is 65.5 Å². The third kappa shape index (κ3) is 3.34. The summed E-state index contributed by atoms with van der Waals surface area (Å²) in [5, 5.41) is 3.25. The van der Waals surface area contributed by atoms with E-state index in [2.05, 4.69) is 41.5 Å². The lowest BCUT2D eigenvalue weighted by Gasteiger charge is -2.40. The fourth-order valence-electron chi connectivity index (χ4n) is 3.27. The number of rotatable bonds is 6. The third-order valence-electron chi connectivity index (χ3n) is 4.94. The molecule has 1 atom stereocenters. The Morgan fingerprint density at radius 2 is 1.79 bits per heavy atom. The van der Waals surface area contributed by atoms with E-state index in [0.29, 0.717) is 6.61 Å². The minimum atomic E-state index is -0.370. The number of methoxy groups -OCH3 is 1. The van der Waals surface area contributed by atoms with E-state index in [4.69, 9.17) is 4.74 Å². The molecule has 0 aliphatic heterocycles. The first-order chi connectivity index (χ1) is 11.6. The van der Waals surface area contributed by atoms with Gasteiger partial charge in [-0.05, 0) is 43.0 Å². The topological polar surface area (TPSA) is 51.2 Å². The van der Waals surface area contributed by atoms with Crippen LogP contribution in [0.1, 0.15) is 42.0 Å². The molecule has 1 N–H and O–H groups in total. The molecule has 2 aromatic rings. The first-order valence-electron chi connectivity index (χ1n) is 8.41. The number of carbonyl (C=O) groups excluding carboxylic acids is 1. The van der Waals surface area contributed by atoms with Gasteiger partial charge in [-0.3, -0.25) is 9.78 Å². The lowest BCUT2D eigenvalue weighted by atomic mass is 9.68. The van der Waals surface area contributed by atoms with E-state index in [9.17, 15) is 4.79 Å². The van der Waals surface area contributed by atoms with Crippen molar-refractivity contribution in [1.82, 2.24) is 10.3 Å². The van der Waals surface area contributed by atoms with Gasteiger partial charge < -0.3 is 10.1 Å². The van der Waals surface area contributed by atoms with Gasteiger partial charge >= 0.3 is 0 Å². The second-order valence-corrected chi connectivity index (χ2v) is 6.66. The van der Waals surface area contributed by atoms with Gasteiger partial charge in [0.25, 0.3) is 0 Å². The molecule has 4 heteroatoms. The number of benzene rings is 1. The van der Waals surface area contributed by atoms with Gasteiger partial charge in [-0.1, -0.05) is 36.2 Å². The smallest absolute Gasteiger partial charge is 0.229 e. The summed E-state index contributed by atoms with van der Waals surface area (Å²) < 4.78 is 5.31. The van der Waals surface area contributed by atoms with E-state index in [1.165, 1.54) is 5.56 Å². The van der Waals surface area contributed by atoms with Crippen molar-refractivity contribution < 1.29 is 9.53 Å². The fourth-order valence-corrected chi connectivity index (χ4v) is 3.27. The van der Waals surface area contributed by atoms with Crippen LogP contribution in [0.5, 0.6) is 0 Å². The molecule has 126 valence electrons. The van der Waals surface area contributed by atoms with Crippen LogP contribution >= 0.6 is 0 Å². The summed E-state index contributed by atoms with van der Waals surface area (Å²) in [7, 11) is 1.66. The number of aromatic nitrogens is 1. The number of nitrogens with zero attached hydrogens (tertiary/aromatic N) is 1. The molecule has 0 unspecified atom stereocenters. The molecule has 1 aliphatic carbocycles. The Balaban J connectivity index is 1.88. The lowest BCUT2D eigenvalue weighted by molar-refractivity contribution is -0.141. The quantitative estimate of drug-likeness (QED) is 0.886. The molecule has 1 aromatic carbocycles. The molecule has 1 fully saturated rings. The Hall–Kier alpha value is -2.20. The summed E-state index contributed by atoms with van der Waals surface area (Å²) in [5.41, 5.74) is 2.94. The minimum absolute atomic E-state index is 0.0815. The second kappa shape index (κ2) is 7.14. The van der Waals surface area contributed by atoms with E-state index in [1.807, 2.05) is 12.1 Å². The zero-order chi connectivity index (χ0) is 17.0. The van der Waals surface area contributed by atoms with Crippen molar-refractivity contribution in [2.24, 2.45) is 5.41 Å². The number of amides is 1. The van der Waals surface area contributed by atoms with Crippen LogP contribution in [0.25, 0.3) is 0 Å². The first-order valence-corrected chi connectivity index (χ1v) is 8.41. The predicted octanol–water partition coefficient (Wildman–Crippen LogP) is 3.41. The largest absolute Gasteiger partial charge is 0.384 e. The van der Waals surface area contributed by atoms with Crippen molar-refractivity contribution in [3.63, 3.8) is 0 Å². The van der Waals surface area contributed by atoms with Crippen molar-refractivity contribution in [3.8, 4) is 0 Å². The molecule has 24 heavy (non-hydrogen) atoms. The van der Waals surface area contributed by atoms with Crippen molar-refractivity contribution in [2.75, 3.05) is 13.7 Å². The highest BCUT2D eigenvalue weighted by molar-refractivity contribution is 5.84. The maximum absolute atomic E-state index is 13.0. The molecule has 1 aromatic heterocycles. The van der Waals surface area contributed by atoms with Crippen molar-refractivity contribution in [2.45, 2.75) is 32.2 Å². The van der Waals surface area contributed by atoms with Gasteiger partial charge in [0.1, 0.15) is 0 Å². The van der Waals surface area contributed by atoms with Gasteiger partial charge in [0.15, 0.2) is 0 Å². The summed E-state index contributed by atoms with van der Waals surface area (Å²) in [4.78, 5) is 17.0. The number of hydrogen-bond donors (Lipinski definition) is 1. The van der Waals surface area contributed by atoms with E-state index >= 15 is 0 Å². The van der Waals surface area contributed by atoms with Gasteiger partial charge in [0.05, 0.1) is 18.1 Å². The fraction of sp³-hybridized carbons (Fsp3) is 0.400. The van der Waals surface area contributed by atoms with Crippen LogP contribution in [0.4, 0.5) is 0 Å². The Bertz CT molecular complexity index is 679. The Morgan fingerprint density at radius 1 is 1.17 bits per heavy atom. The van der Waals surface area contributed by atoms with Gasteiger partial charge in [-0.25, -0.2) is 0 Å². The Kier molecular flexibility index (Phi) is 4.95. The molecule has 0 spiro atoms. The summed E-state index contributed by atoms with van der Waals surface area (Å²) in [6.07, 6.45) is 6.39. The normalized spacial score (nSPS) is 16.9. The maximum atomic E-state index is 13.0. The average molecular weight is 324 g/mol. The van der Waals surface area contributed by atoms with Crippen LogP contribution in [-0.2, 0) is 9.53 Å². The van der Waals surface area contributed by atoms with E-state index in [-0.39, 0.29) is 17.4 Å². The Morgan fingerprint density at radius 3 is 2.33 bits per heavy atom. The molecule has 3 rings (SSSR count). The molecule has 1 amide bonds. The van der Waals surface area contributed by atoms with Crippen LogP contribution in [0, 0.1) is 12.3 Å². The summed E-state index contributed by atoms with van der Waals surface area (Å²) in [6, 6.07) is 12.0. The number of nitrogens with one attached hydrogen (secondary N) is 1. The molecule has 0 radical (unpaired) electrons. The number of pyridine rings is 1. The number of ether oxygens (including phenoxy) is 1. The van der Waals surface area contributed by atoms with Crippen LogP contribution in [0.3, 0.4) is 0 Å². The van der Waals surface area contributed by atoms with Gasteiger partial charge in [-0.2, -0.15) is 0 Å². The van der Waals surface area contributed by atoms with E-state index in [0.717, 1.165) is 30.4 Å². The van der Waals surface area contributed by atoms with E-state index < -0.39 is 0 Å². The zero-order valence-corrected chi connectivity index (χ0v) is 14.3. The third-order valence-corrected chi connectivity index (χ3v) is 4.94. The highest BCUT2D eigenvalue weighted by Crippen LogP contribution is 2.42. The van der Waals surface area contributed by atoms with Crippen molar-refractivity contribution in [1.29, 1.82) is 0 Å². The van der Waals surface area contributed by atoms with Crippen LogP contribution in [0.15, 0.2) is 48.8 Å². The highest BCUT2D eigenvalue weighted by Gasteiger charge is 2.44. The zero-order valence-electron chi connectivity index (χ0n) is 14.3. The lowest BCUT2D eigenvalue weighted by Crippen LogP contribution is -2.49. The van der Waals surface area contributed by atoms with Crippen LogP contribution in [-0.4, -0.2) is 24.6 Å². The molecule has 1 saturated carbocycles. The molecule has 1 heterocycles. The molecule has 0 bridgehead atoms. The number of aryl methyl sites for hydroxylation is 1. The average Bonchev–Trinajstić information content (AvgIpc) is 2.57. The van der Waals surface area contributed by atoms with Crippen LogP contribution < -0.4 is 5.32 Å². The Labute approximate surface area is 143 Å². The monoisotopic (exact) mass is 324 g/mol. The molecule has 4 nitrogen and oxygen atoms in total. The number of carbonyl (C=O) groups is 1. The van der Waals surface area contributed by atoms with E-state index in [1.54, 1.807) is 19.5 Å². The second-order valence-electron chi connectivity index (χ2n) is 6.66.